The molecule has 0 fully saturated rings. The lowest BCUT2D eigenvalue weighted by Crippen LogP contribution is -2.39. The second-order valence-corrected chi connectivity index (χ2v) is 9.73. The number of nitrogens with one attached hydrogen (secondary N) is 2. The van der Waals surface area contributed by atoms with Gasteiger partial charge in [0.15, 0.2) is 11.5 Å². The first-order chi connectivity index (χ1) is 18.1. The Balaban J connectivity index is 1.83. The monoisotopic (exact) mass is 540 g/mol. The SMILES string of the molecule is CCOc1cc(/C=N\NC(=O)CN(c2ccc(OC)cc2)S(=O)(=O)c2ccc(NC(C)=O)cc2)ccc1O. The molecule has 0 aliphatic heterocycles. The molecule has 0 unspecified atom stereocenters. The number of carbonyl (C=O) groups is 2. The van der Waals surface area contributed by atoms with E-state index in [4.69, 9.17) is 9.47 Å². The molecule has 3 rings (SSSR count). The molecule has 3 aromatic carbocycles. The number of sulfonamides is 1. The lowest BCUT2D eigenvalue weighted by Gasteiger charge is -2.24. The van der Waals surface area contributed by atoms with Gasteiger partial charge in [0, 0.05) is 12.6 Å². The Morgan fingerprint density at radius 1 is 1.05 bits per heavy atom. The number of nitrogens with zero attached hydrogens (tertiary/aromatic N) is 2. The molecule has 0 radical (unpaired) electrons. The summed E-state index contributed by atoms with van der Waals surface area (Å²) in [5.74, 6) is -0.235. The van der Waals surface area contributed by atoms with Gasteiger partial charge in [-0.1, -0.05) is 0 Å². The maximum atomic E-state index is 13.5. The molecule has 0 spiro atoms. The zero-order chi connectivity index (χ0) is 27.7. The van der Waals surface area contributed by atoms with Crippen LogP contribution in [0.3, 0.4) is 0 Å². The molecule has 3 N–H and O–H groups in total. The average molecular weight is 541 g/mol. The summed E-state index contributed by atoms with van der Waals surface area (Å²) in [6, 6.07) is 16.3. The zero-order valence-corrected chi connectivity index (χ0v) is 21.9. The molecule has 12 heteroatoms. The van der Waals surface area contributed by atoms with Crippen LogP contribution in [0.1, 0.15) is 19.4 Å². The van der Waals surface area contributed by atoms with E-state index < -0.39 is 22.5 Å². The molecule has 0 atom stereocenters. The van der Waals surface area contributed by atoms with Gasteiger partial charge in [-0.05, 0) is 79.2 Å². The second kappa shape index (κ2) is 12.6. The molecule has 0 bridgehead atoms. The number of hydrogen-bond acceptors (Lipinski definition) is 8. The van der Waals surface area contributed by atoms with Gasteiger partial charge >= 0.3 is 0 Å². The van der Waals surface area contributed by atoms with Crippen molar-refractivity contribution in [3.63, 3.8) is 0 Å². The lowest BCUT2D eigenvalue weighted by atomic mass is 10.2. The maximum absolute atomic E-state index is 13.5. The number of phenolic OH excluding ortho intramolecular Hbond substituents is 1. The molecule has 0 aliphatic carbocycles. The third-order valence-electron chi connectivity index (χ3n) is 5.10. The molecule has 11 nitrogen and oxygen atoms in total. The smallest absolute Gasteiger partial charge is 0.264 e. The van der Waals surface area contributed by atoms with Crippen LogP contribution in [0, 0.1) is 0 Å². The van der Waals surface area contributed by atoms with Gasteiger partial charge in [0.1, 0.15) is 12.3 Å². The van der Waals surface area contributed by atoms with Crippen molar-refractivity contribution in [2.45, 2.75) is 18.7 Å². The van der Waals surface area contributed by atoms with Gasteiger partial charge in [-0.3, -0.25) is 13.9 Å². The standard InChI is InChI=1S/C26H28N4O7S/c1-4-37-25-15-19(5-14-24(25)32)16-27-29-26(33)17-30(21-8-10-22(36-3)11-9-21)38(34,35)23-12-6-20(7-13-23)28-18(2)31/h5-16,32H,4,17H2,1-3H3,(H,28,31)(H,29,33)/b27-16-. The first-order valence-electron chi connectivity index (χ1n) is 11.5. The number of benzene rings is 3. The minimum atomic E-state index is -4.19. The average Bonchev–Trinajstić information content (AvgIpc) is 2.89. The van der Waals surface area contributed by atoms with E-state index in [2.05, 4.69) is 15.8 Å². The Hall–Kier alpha value is -4.58. The van der Waals surface area contributed by atoms with E-state index in [1.165, 1.54) is 62.7 Å². The number of hydrazone groups is 1. The summed E-state index contributed by atoms with van der Waals surface area (Å²) in [4.78, 5) is 24.0. The van der Waals surface area contributed by atoms with E-state index in [0.29, 0.717) is 23.6 Å². The fourth-order valence-electron chi connectivity index (χ4n) is 3.33. The Morgan fingerprint density at radius 2 is 1.74 bits per heavy atom. The van der Waals surface area contributed by atoms with Crippen LogP contribution in [0.15, 0.2) is 76.7 Å². The van der Waals surface area contributed by atoms with Crippen molar-refractivity contribution >= 4 is 39.4 Å². The summed E-state index contributed by atoms with van der Waals surface area (Å²) in [6.07, 6.45) is 1.34. The molecule has 0 heterocycles. The Labute approximate surface area is 220 Å². The Kier molecular flexibility index (Phi) is 9.28. The molecule has 0 aliphatic rings. The Morgan fingerprint density at radius 3 is 2.34 bits per heavy atom. The minimum Gasteiger partial charge on any atom is -0.504 e. The van der Waals surface area contributed by atoms with Crippen LogP contribution in [-0.4, -0.2) is 51.8 Å². The number of amides is 2. The Bertz CT molecular complexity index is 1410. The van der Waals surface area contributed by atoms with Crippen LogP contribution in [0.2, 0.25) is 0 Å². The molecular weight excluding hydrogens is 512 g/mol. The van der Waals surface area contributed by atoms with Crippen molar-refractivity contribution < 1.29 is 32.6 Å². The van der Waals surface area contributed by atoms with Gasteiger partial charge < -0.3 is 19.9 Å². The summed E-state index contributed by atoms with van der Waals surface area (Å²) < 4.78 is 38.5. The fourth-order valence-corrected chi connectivity index (χ4v) is 4.75. The fraction of sp³-hybridized carbons (Fsp3) is 0.192. The molecule has 0 saturated heterocycles. The van der Waals surface area contributed by atoms with Gasteiger partial charge in [0.25, 0.3) is 15.9 Å². The zero-order valence-electron chi connectivity index (χ0n) is 21.0. The van der Waals surface area contributed by atoms with E-state index in [1.807, 2.05) is 0 Å². The molecule has 200 valence electrons. The van der Waals surface area contributed by atoms with Gasteiger partial charge in [0.2, 0.25) is 5.91 Å². The number of phenols is 1. The molecule has 2 amide bonds. The number of ether oxygens (including phenoxy) is 2. The number of anilines is 2. The van der Waals surface area contributed by atoms with Crippen LogP contribution in [0.4, 0.5) is 11.4 Å². The first kappa shape index (κ1) is 28.0. The molecule has 3 aromatic rings. The molecule has 0 aromatic heterocycles. The van der Waals surface area contributed by atoms with Crippen molar-refractivity contribution in [3.8, 4) is 17.2 Å². The number of carbonyl (C=O) groups excluding carboxylic acids is 2. The van der Waals surface area contributed by atoms with Crippen LogP contribution in [-0.2, 0) is 19.6 Å². The number of rotatable bonds is 11. The maximum Gasteiger partial charge on any atom is 0.264 e. The van der Waals surface area contributed by atoms with Crippen LogP contribution >= 0.6 is 0 Å². The number of aromatic hydroxyl groups is 1. The summed E-state index contributed by atoms with van der Waals surface area (Å²) in [5.41, 5.74) is 3.53. The summed E-state index contributed by atoms with van der Waals surface area (Å²) in [5, 5.41) is 16.3. The highest BCUT2D eigenvalue weighted by atomic mass is 32.2. The minimum absolute atomic E-state index is 0.0292. The first-order valence-corrected chi connectivity index (χ1v) is 12.9. The molecule has 38 heavy (non-hydrogen) atoms. The van der Waals surface area contributed by atoms with E-state index in [-0.39, 0.29) is 28.0 Å². The summed E-state index contributed by atoms with van der Waals surface area (Å²) >= 11 is 0. The van der Waals surface area contributed by atoms with Crippen molar-refractivity contribution in [1.82, 2.24) is 5.43 Å². The quantitative estimate of drug-likeness (QED) is 0.250. The molecule has 0 saturated carbocycles. The molecular formula is C26H28N4O7S. The van der Waals surface area contributed by atoms with Crippen molar-refractivity contribution in [2.24, 2.45) is 5.10 Å². The lowest BCUT2D eigenvalue weighted by molar-refractivity contribution is -0.119. The van der Waals surface area contributed by atoms with Gasteiger partial charge in [-0.15, -0.1) is 0 Å². The largest absolute Gasteiger partial charge is 0.504 e. The predicted molar refractivity (Wildman–Crippen MR) is 143 cm³/mol. The van der Waals surface area contributed by atoms with Gasteiger partial charge in [0.05, 0.1) is 30.5 Å². The second-order valence-electron chi connectivity index (χ2n) is 7.87. The van der Waals surface area contributed by atoms with E-state index >= 15 is 0 Å². The van der Waals surface area contributed by atoms with Crippen LogP contribution < -0.4 is 24.5 Å². The number of hydrogen-bond donors (Lipinski definition) is 3. The van der Waals surface area contributed by atoms with Crippen molar-refractivity contribution in [3.05, 3.63) is 72.3 Å². The normalized spacial score (nSPS) is 11.1. The predicted octanol–water partition coefficient (Wildman–Crippen LogP) is 3.10. The number of methoxy groups -OCH3 is 1. The van der Waals surface area contributed by atoms with Gasteiger partial charge in [-0.25, -0.2) is 13.8 Å². The van der Waals surface area contributed by atoms with E-state index in [1.54, 1.807) is 31.2 Å². The van der Waals surface area contributed by atoms with Gasteiger partial charge in [-0.2, -0.15) is 5.10 Å². The van der Waals surface area contributed by atoms with Crippen LogP contribution in [0.5, 0.6) is 17.2 Å². The summed E-state index contributed by atoms with van der Waals surface area (Å²) in [7, 11) is -2.70. The van der Waals surface area contributed by atoms with Crippen molar-refractivity contribution in [1.29, 1.82) is 0 Å². The third kappa shape index (κ3) is 7.23. The summed E-state index contributed by atoms with van der Waals surface area (Å²) in [6.45, 7) is 2.91. The van der Waals surface area contributed by atoms with Crippen LogP contribution in [0.25, 0.3) is 0 Å². The highest BCUT2D eigenvalue weighted by Gasteiger charge is 2.27. The highest BCUT2D eigenvalue weighted by molar-refractivity contribution is 7.92. The van der Waals surface area contributed by atoms with Crippen molar-refractivity contribution in [2.75, 3.05) is 29.9 Å². The highest BCUT2D eigenvalue weighted by Crippen LogP contribution is 2.27. The topological polar surface area (TPSA) is 147 Å². The van der Waals surface area contributed by atoms with E-state index in [0.717, 1.165) is 4.31 Å². The van der Waals surface area contributed by atoms with E-state index in [9.17, 15) is 23.1 Å². The third-order valence-corrected chi connectivity index (χ3v) is 6.88.